The van der Waals surface area contributed by atoms with E-state index in [2.05, 4.69) is 62.1 Å². The van der Waals surface area contributed by atoms with Gasteiger partial charge in [0, 0.05) is 25.8 Å². The van der Waals surface area contributed by atoms with Crippen LogP contribution in [-0.4, -0.2) is 30.0 Å². The van der Waals surface area contributed by atoms with Gasteiger partial charge in [-0.2, -0.15) is 0 Å². The molecule has 1 N–H and O–H groups in total. The van der Waals surface area contributed by atoms with Gasteiger partial charge in [-0.3, -0.25) is 0 Å². The number of nitrogens with one attached hydrogen (secondary N) is 1. The van der Waals surface area contributed by atoms with Gasteiger partial charge in [0.2, 0.25) is 0 Å². The Morgan fingerprint density at radius 3 is 2.65 bits per heavy atom. The zero-order valence-corrected chi connectivity index (χ0v) is 11.7. The average Bonchev–Trinajstić information content (AvgIpc) is 2.15. The highest BCUT2D eigenvalue weighted by Gasteiger charge is 2.13. The molecule has 0 aliphatic rings. The van der Waals surface area contributed by atoms with Crippen molar-refractivity contribution in [3.05, 3.63) is 23.9 Å². The fraction of sp³-hybridized carbons (Fsp3) is 0.643. The number of rotatable bonds is 5. The van der Waals surface area contributed by atoms with E-state index >= 15 is 0 Å². The van der Waals surface area contributed by atoms with Crippen LogP contribution in [0.25, 0.3) is 0 Å². The third-order valence-electron chi connectivity index (χ3n) is 2.38. The van der Waals surface area contributed by atoms with E-state index in [1.807, 2.05) is 6.20 Å². The van der Waals surface area contributed by atoms with Crippen LogP contribution >= 0.6 is 0 Å². The first kappa shape index (κ1) is 14.0. The molecule has 0 spiro atoms. The third-order valence-corrected chi connectivity index (χ3v) is 2.38. The van der Waals surface area contributed by atoms with E-state index in [0.717, 1.165) is 25.5 Å². The molecular formula is C14H25N3. The molecule has 1 aromatic rings. The minimum Gasteiger partial charge on any atom is -0.370 e. The van der Waals surface area contributed by atoms with E-state index in [-0.39, 0.29) is 0 Å². The number of hydrogen-bond acceptors (Lipinski definition) is 3. The molecular weight excluding hydrogens is 210 g/mol. The largest absolute Gasteiger partial charge is 0.370 e. The maximum absolute atomic E-state index is 4.28. The Labute approximate surface area is 105 Å². The summed E-state index contributed by atoms with van der Waals surface area (Å²) in [5, 5.41) is 3.24. The van der Waals surface area contributed by atoms with Crippen molar-refractivity contribution in [2.75, 3.05) is 25.5 Å². The van der Waals surface area contributed by atoms with E-state index in [9.17, 15) is 0 Å². The number of nitrogens with zero attached hydrogens (tertiary/aromatic N) is 2. The Morgan fingerprint density at radius 2 is 2.06 bits per heavy atom. The summed E-state index contributed by atoms with van der Waals surface area (Å²) in [5.41, 5.74) is 1.65. The molecule has 1 heterocycles. The summed E-state index contributed by atoms with van der Waals surface area (Å²) in [6, 6.07) is 4.21. The Kier molecular flexibility index (Phi) is 4.94. The molecule has 0 bridgehead atoms. The van der Waals surface area contributed by atoms with Gasteiger partial charge in [-0.15, -0.1) is 0 Å². The molecule has 1 aromatic heterocycles. The van der Waals surface area contributed by atoms with E-state index in [1.54, 1.807) is 0 Å². The van der Waals surface area contributed by atoms with Crippen LogP contribution < -0.4 is 5.32 Å². The van der Waals surface area contributed by atoms with Crippen LogP contribution in [0.2, 0.25) is 0 Å². The molecule has 0 fully saturated rings. The molecule has 96 valence electrons. The molecule has 0 aliphatic carbocycles. The normalized spacial score (nSPS) is 11.9. The monoisotopic (exact) mass is 235 g/mol. The minimum absolute atomic E-state index is 0.340. The van der Waals surface area contributed by atoms with Crippen molar-refractivity contribution in [1.29, 1.82) is 0 Å². The van der Waals surface area contributed by atoms with Crippen LogP contribution in [0.15, 0.2) is 18.3 Å². The van der Waals surface area contributed by atoms with Gasteiger partial charge < -0.3 is 10.2 Å². The molecule has 3 heteroatoms. The van der Waals surface area contributed by atoms with Crippen molar-refractivity contribution >= 4 is 5.82 Å². The van der Waals surface area contributed by atoms with Crippen LogP contribution in [0, 0.1) is 5.41 Å². The zero-order valence-electron chi connectivity index (χ0n) is 11.7. The minimum atomic E-state index is 0.340. The lowest BCUT2D eigenvalue weighted by Crippen LogP contribution is -2.28. The predicted molar refractivity (Wildman–Crippen MR) is 74.2 cm³/mol. The van der Waals surface area contributed by atoms with Gasteiger partial charge in [0.05, 0.1) is 0 Å². The highest BCUT2D eigenvalue weighted by Crippen LogP contribution is 2.16. The van der Waals surface area contributed by atoms with E-state index in [1.165, 1.54) is 5.56 Å². The van der Waals surface area contributed by atoms with Gasteiger partial charge >= 0.3 is 0 Å². The second-order valence-corrected chi connectivity index (χ2v) is 5.81. The van der Waals surface area contributed by atoms with Crippen molar-refractivity contribution < 1.29 is 0 Å². The molecule has 0 saturated carbocycles. The molecule has 0 atom stereocenters. The summed E-state index contributed by atoms with van der Waals surface area (Å²) < 4.78 is 0. The summed E-state index contributed by atoms with van der Waals surface area (Å²) in [6.07, 6.45) is 1.87. The van der Waals surface area contributed by atoms with E-state index in [0.29, 0.717) is 5.41 Å². The average molecular weight is 235 g/mol. The Balaban J connectivity index is 2.58. The fourth-order valence-electron chi connectivity index (χ4n) is 2.03. The molecule has 0 unspecified atom stereocenters. The van der Waals surface area contributed by atoms with Gasteiger partial charge in [-0.25, -0.2) is 4.98 Å². The topological polar surface area (TPSA) is 28.2 Å². The molecule has 0 aliphatic heterocycles. The van der Waals surface area contributed by atoms with Crippen molar-refractivity contribution in [2.24, 2.45) is 5.41 Å². The van der Waals surface area contributed by atoms with Gasteiger partial charge in [-0.1, -0.05) is 20.8 Å². The summed E-state index contributed by atoms with van der Waals surface area (Å²) in [6.45, 7) is 11.8. The number of aromatic nitrogens is 1. The zero-order chi connectivity index (χ0) is 12.9. The van der Waals surface area contributed by atoms with E-state index < -0.39 is 0 Å². The highest BCUT2D eigenvalue weighted by molar-refractivity contribution is 5.37. The smallest absolute Gasteiger partial charge is 0.126 e. The summed E-state index contributed by atoms with van der Waals surface area (Å²) >= 11 is 0. The first-order chi connectivity index (χ1) is 7.90. The lowest BCUT2D eigenvalue weighted by atomic mass is 9.96. The predicted octanol–water partition coefficient (Wildman–Crippen LogP) is 2.99. The van der Waals surface area contributed by atoms with Crippen LogP contribution in [-0.2, 0) is 6.54 Å². The molecule has 1 rings (SSSR count). The lowest BCUT2D eigenvalue weighted by Gasteiger charge is -2.26. The summed E-state index contributed by atoms with van der Waals surface area (Å²) in [7, 11) is 2.17. The molecule has 0 saturated heterocycles. The van der Waals surface area contributed by atoms with Gasteiger partial charge in [0.25, 0.3) is 0 Å². The van der Waals surface area contributed by atoms with Crippen LogP contribution in [0.3, 0.4) is 0 Å². The fourth-order valence-corrected chi connectivity index (χ4v) is 2.03. The third kappa shape index (κ3) is 5.68. The quantitative estimate of drug-likeness (QED) is 0.850. The Hall–Kier alpha value is -1.09. The first-order valence-electron chi connectivity index (χ1n) is 6.28. The maximum atomic E-state index is 4.28. The first-order valence-corrected chi connectivity index (χ1v) is 6.28. The molecule has 0 radical (unpaired) electrons. The number of anilines is 1. The van der Waals surface area contributed by atoms with Crippen molar-refractivity contribution in [1.82, 2.24) is 9.88 Å². The van der Waals surface area contributed by atoms with Gasteiger partial charge in [0.15, 0.2) is 0 Å². The maximum Gasteiger partial charge on any atom is 0.126 e. The molecule has 3 nitrogen and oxygen atoms in total. The van der Waals surface area contributed by atoms with Crippen LogP contribution in [0.1, 0.15) is 33.3 Å². The highest BCUT2D eigenvalue weighted by atomic mass is 15.1. The van der Waals surface area contributed by atoms with Crippen molar-refractivity contribution in [3.8, 4) is 0 Å². The number of hydrogen-bond donors (Lipinski definition) is 1. The lowest BCUT2D eigenvalue weighted by molar-refractivity contribution is 0.221. The van der Waals surface area contributed by atoms with Gasteiger partial charge in [0.1, 0.15) is 5.82 Å². The Bertz CT molecular complexity index is 342. The van der Waals surface area contributed by atoms with Crippen LogP contribution in [0.5, 0.6) is 0 Å². The summed E-state index contributed by atoms with van der Waals surface area (Å²) in [4.78, 5) is 6.63. The van der Waals surface area contributed by atoms with Crippen LogP contribution in [0.4, 0.5) is 5.82 Å². The van der Waals surface area contributed by atoms with Gasteiger partial charge in [-0.05, 0) is 37.1 Å². The SMILES string of the molecule is CCNc1cc(CN(C)CC(C)(C)C)ccn1. The van der Waals surface area contributed by atoms with Crippen molar-refractivity contribution in [2.45, 2.75) is 34.2 Å². The van der Waals surface area contributed by atoms with E-state index in [4.69, 9.17) is 0 Å². The molecule has 17 heavy (non-hydrogen) atoms. The van der Waals surface area contributed by atoms with Crippen molar-refractivity contribution in [3.63, 3.8) is 0 Å². The second-order valence-electron chi connectivity index (χ2n) is 5.81. The summed E-state index contributed by atoms with van der Waals surface area (Å²) in [5.74, 6) is 0.967. The Morgan fingerprint density at radius 1 is 1.35 bits per heavy atom. The number of pyridine rings is 1. The molecule has 0 aromatic carbocycles. The molecule has 0 amide bonds. The second kappa shape index (κ2) is 6.01. The standard InChI is InChI=1S/C14H25N3/c1-6-15-13-9-12(7-8-16-13)10-17(5)11-14(2,3)4/h7-9H,6,10-11H2,1-5H3,(H,15,16).